The third-order valence-electron chi connectivity index (χ3n) is 3.00. The van der Waals surface area contributed by atoms with Crippen molar-refractivity contribution in [2.75, 3.05) is 25.0 Å². The number of nitrogens with zero attached hydrogens (tertiary/aromatic N) is 1. The van der Waals surface area contributed by atoms with E-state index in [0.717, 1.165) is 19.4 Å². The maximum absolute atomic E-state index is 11.9. The van der Waals surface area contributed by atoms with E-state index >= 15 is 0 Å². The highest BCUT2D eigenvalue weighted by atomic mass is 16.2. The fourth-order valence-corrected chi connectivity index (χ4v) is 1.78. The molecule has 108 valence electrons. The lowest BCUT2D eigenvalue weighted by Crippen LogP contribution is -2.35. The van der Waals surface area contributed by atoms with Gasteiger partial charge in [0.05, 0.1) is 0 Å². The standard InChI is InChI=1S/C14H20N4O2/c1-2-15-12-5-3-4-11(18-12)14(20)17-9-8-16-13(19)10-6-7-10/h3-5,10H,2,6-9H2,1H3,(H,15,18)(H,16,19)(H,17,20). The molecule has 1 aromatic rings. The molecule has 0 spiro atoms. The second-order valence-electron chi connectivity index (χ2n) is 4.76. The van der Waals surface area contributed by atoms with Gasteiger partial charge in [0.2, 0.25) is 5.91 Å². The van der Waals surface area contributed by atoms with Crippen LogP contribution in [-0.2, 0) is 4.79 Å². The molecule has 20 heavy (non-hydrogen) atoms. The molecule has 1 aliphatic carbocycles. The predicted molar refractivity (Wildman–Crippen MR) is 76.5 cm³/mol. The molecule has 6 nitrogen and oxygen atoms in total. The van der Waals surface area contributed by atoms with Gasteiger partial charge < -0.3 is 16.0 Å². The van der Waals surface area contributed by atoms with E-state index in [4.69, 9.17) is 0 Å². The number of hydrogen-bond acceptors (Lipinski definition) is 4. The van der Waals surface area contributed by atoms with Crippen LogP contribution in [0, 0.1) is 5.92 Å². The molecule has 0 radical (unpaired) electrons. The first-order valence-electron chi connectivity index (χ1n) is 6.97. The smallest absolute Gasteiger partial charge is 0.270 e. The maximum atomic E-state index is 11.9. The van der Waals surface area contributed by atoms with E-state index in [1.54, 1.807) is 12.1 Å². The summed E-state index contributed by atoms with van der Waals surface area (Å²) in [5, 5.41) is 8.59. The zero-order valence-electron chi connectivity index (χ0n) is 11.6. The van der Waals surface area contributed by atoms with Crippen LogP contribution < -0.4 is 16.0 Å². The van der Waals surface area contributed by atoms with Crippen molar-refractivity contribution >= 4 is 17.6 Å². The summed E-state index contributed by atoms with van der Waals surface area (Å²) in [6, 6.07) is 5.27. The highest BCUT2D eigenvalue weighted by molar-refractivity contribution is 5.92. The summed E-state index contributed by atoms with van der Waals surface area (Å²) in [4.78, 5) is 27.5. The molecule has 0 bridgehead atoms. The van der Waals surface area contributed by atoms with Crippen molar-refractivity contribution < 1.29 is 9.59 Å². The molecule has 1 heterocycles. The predicted octanol–water partition coefficient (Wildman–Crippen LogP) is 0.769. The molecule has 0 saturated heterocycles. The van der Waals surface area contributed by atoms with Crippen LogP contribution in [-0.4, -0.2) is 36.4 Å². The normalized spacial score (nSPS) is 13.7. The molecule has 1 fully saturated rings. The topological polar surface area (TPSA) is 83.1 Å². The van der Waals surface area contributed by atoms with Crippen LogP contribution in [0.1, 0.15) is 30.3 Å². The molecule has 0 aromatic carbocycles. The van der Waals surface area contributed by atoms with E-state index in [9.17, 15) is 9.59 Å². The molecule has 1 aliphatic rings. The summed E-state index contributed by atoms with van der Waals surface area (Å²) >= 11 is 0. The Bertz CT molecular complexity index is 486. The van der Waals surface area contributed by atoms with Crippen LogP contribution >= 0.6 is 0 Å². The third-order valence-corrected chi connectivity index (χ3v) is 3.00. The van der Waals surface area contributed by atoms with Crippen LogP contribution in [0.4, 0.5) is 5.82 Å². The molecule has 6 heteroatoms. The third kappa shape index (κ3) is 4.22. The Kier molecular flexibility index (Phi) is 4.92. The monoisotopic (exact) mass is 276 g/mol. The number of amides is 2. The quantitative estimate of drug-likeness (QED) is 0.642. The highest BCUT2D eigenvalue weighted by Crippen LogP contribution is 2.28. The molecule has 2 amide bonds. The molecule has 1 saturated carbocycles. The number of rotatable bonds is 7. The maximum Gasteiger partial charge on any atom is 0.270 e. The van der Waals surface area contributed by atoms with Crippen molar-refractivity contribution in [1.29, 1.82) is 0 Å². The van der Waals surface area contributed by atoms with E-state index in [2.05, 4.69) is 20.9 Å². The molecule has 0 unspecified atom stereocenters. The summed E-state index contributed by atoms with van der Waals surface area (Å²) in [5.41, 5.74) is 0.372. The number of anilines is 1. The van der Waals surface area contributed by atoms with Gasteiger partial charge in [0.15, 0.2) is 0 Å². The summed E-state index contributed by atoms with van der Waals surface area (Å²) in [6.07, 6.45) is 1.97. The lowest BCUT2D eigenvalue weighted by Gasteiger charge is -2.07. The number of nitrogens with one attached hydrogen (secondary N) is 3. The van der Waals surface area contributed by atoms with Crippen LogP contribution in [0.25, 0.3) is 0 Å². The Morgan fingerprint density at radius 3 is 2.70 bits per heavy atom. The number of hydrogen-bond donors (Lipinski definition) is 3. The van der Waals surface area contributed by atoms with E-state index < -0.39 is 0 Å². The zero-order chi connectivity index (χ0) is 14.4. The van der Waals surface area contributed by atoms with Gasteiger partial charge in [0, 0.05) is 25.6 Å². The van der Waals surface area contributed by atoms with E-state index in [1.807, 2.05) is 13.0 Å². The minimum Gasteiger partial charge on any atom is -0.370 e. The molecule has 0 atom stereocenters. The van der Waals surface area contributed by atoms with Gasteiger partial charge >= 0.3 is 0 Å². The largest absolute Gasteiger partial charge is 0.370 e. The minimum atomic E-state index is -0.231. The Hall–Kier alpha value is -2.11. The summed E-state index contributed by atoms with van der Waals surface area (Å²) in [5.74, 6) is 0.739. The van der Waals surface area contributed by atoms with Crippen molar-refractivity contribution in [3.8, 4) is 0 Å². The van der Waals surface area contributed by atoms with Gasteiger partial charge in [-0.25, -0.2) is 4.98 Å². The van der Waals surface area contributed by atoms with Crippen LogP contribution in [0.5, 0.6) is 0 Å². The molecular weight excluding hydrogens is 256 g/mol. The Labute approximate surface area is 118 Å². The fourth-order valence-electron chi connectivity index (χ4n) is 1.78. The first kappa shape index (κ1) is 14.3. The van der Waals surface area contributed by atoms with Gasteiger partial charge in [0.1, 0.15) is 11.5 Å². The van der Waals surface area contributed by atoms with E-state index in [0.29, 0.717) is 24.6 Å². The lowest BCUT2D eigenvalue weighted by molar-refractivity contribution is -0.122. The van der Waals surface area contributed by atoms with Gasteiger partial charge in [0.25, 0.3) is 5.91 Å². The number of carbonyl (C=O) groups is 2. The van der Waals surface area contributed by atoms with Crippen LogP contribution in [0.3, 0.4) is 0 Å². The molecule has 3 N–H and O–H groups in total. The van der Waals surface area contributed by atoms with Gasteiger partial charge in [-0.1, -0.05) is 6.07 Å². The van der Waals surface area contributed by atoms with Gasteiger partial charge in [-0.2, -0.15) is 0 Å². The first-order chi connectivity index (χ1) is 9.70. The van der Waals surface area contributed by atoms with Crippen molar-refractivity contribution in [2.24, 2.45) is 5.92 Å². The second-order valence-corrected chi connectivity index (χ2v) is 4.76. The lowest BCUT2D eigenvalue weighted by atomic mass is 10.3. The summed E-state index contributed by atoms with van der Waals surface area (Å²) < 4.78 is 0. The first-order valence-corrected chi connectivity index (χ1v) is 6.97. The van der Waals surface area contributed by atoms with Crippen molar-refractivity contribution in [3.63, 3.8) is 0 Å². The minimum absolute atomic E-state index is 0.0894. The van der Waals surface area contributed by atoms with Gasteiger partial charge in [-0.05, 0) is 31.9 Å². The van der Waals surface area contributed by atoms with Crippen molar-refractivity contribution in [2.45, 2.75) is 19.8 Å². The average Bonchev–Trinajstić information content (AvgIpc) is 3.28. The molecule has 2 rings (SSSR count). The summed E-state index contributed by atoms with van der Waals surface area (Å²) in [7, 11) is 0. The van der Waals surface area contributed by atoms with E-state index in [1.165, 1.54) is 0 Å². The SMILES string of the molecule is CCNc1cccc(C(=O)NCCNC(=O)C2CC2)n1. The zero-order valence-corrected chi connectivity index (χ0v) is 11.6. The van der Waals surface area contributed by atoms with Crippen LogP contribution in [0.2, 0.25) is 0 Å². The van der Waals surface area contributed by atoms with Gasteiger partial charge in [-0.15, -0.1) is 0 Å². The van der Waals surface area contributed by atoms with Crippen molar-refractivity contribution in [1.82, 2.24) is 15.6 Å². The van der Waals surface area contributed by atoms with Crippen molar-refractivity contribution in [3.05, 3.63) is 23.9 Å². The number of pyridine rings is 1. The Balaban J connectivity index is 1.73. The van der Waals surface area contributed by atoms with Gasteiger partial charge in [-0.3, -0.25) is 9.59 Å². The summed E-state index contributed by atoms with van der Waals surface area (Å²) in [6.45, 7) is 3.58. The average molecular weight is 276 g/mol. The Morgan fingerprint density at radius 1 is 1.25 bits per heavy atom. The van der Waals surface area contributed by atoms with E-state index in [-0.39, 0.29) is 17.7 Å². The fraction of sp³-hybridized carbons (Fsp3) is 0.500. The number of carbonyl (C=O) groups excluding carboxylic acids is 2. The molecular formula is C14H20N4O2. The number of aromatic nitrogens is 1. The highest BCUT2D eigenvalue weighted by Gasteiger charge is 2.28. The second kappa shape index (κ2) is 6.88. The molecule has 1 aromatic heterocycles. The Morgan fingerprint density at radius 2 is 2.00 bits per heavy atom. The van der Waals surface area contributed by atoms with Crippen LogP contribution in [0.15, 0.2) is 18.2 Å². The molecule has 0 aliphatic heterocycles.